The summed E-state index contributed by atoms with van der Waals surface area (Å²) in [5, 5.41) is 8.12. The Bertz CT molecular complexity index is 1230. The number of hydrogen-bond donors (Lipinski definition) is 3. The van der Waals surface area contributed by atoms with Crippen LogP contribution in [0.1, 0.15) is 11.1 Å². The molecule has 0 aliphatic carbocycles. The predicted molar refractivity (Wildman–Crippen MR) is 111 cm³/mol. The van der Waals surface area contributed by atoms with Gasteiger partial charge in [-0.3, -0.25) is 9.78 Å². The van der Waals surface area contributed by atoms with Gasteiger partial charge in [-0.1, -0.05) is 11.8 Å². The maximum Gasteiger partial charge on any atom is 0.281 e. The summed E-state index contributed by atoms with van der Waals surface area (Å²) in [7, 11) is -3.83. The molecule has 152 valence electrons. The van der Waals surface area contributed by atoms with Crippen LogP contribution in [-0.2, 0) is 10.0 Å². The van der Waals surface area contributed by atoms with Crippen molar-refractivity contribution in [1.82, 2.24) is 9.97 Å². The van der Waals surface area contributed by atoms with Gasteiger partial charge in [-0.15, -0.1) is 5.11 Å². The van der Waals surface area contributed by atoms with Gasteiger partial charge in [-0.2, -0.15) is 5.11 Å². The van der Waals surface area contributed by atoms with Crippen LogP contribution in [0.25, 0.3) is 0 Å². The number of nitrogens with one attached hydrogen (secondary N) is 2. The Morgan fingerprint density at radius 2 is 1.90 bits per heavy atom. The second-order valence-electron chi connectivity index (χ2n) is 5.98. The zero-order valence-electron chi connectivity index (χ0n) is 15.8. The lowest BCUT2D eigenvalue weighted by atomic mass is 10.2. The lowest BCUT2D eigenvalue weighted by molar-refractivity contribution is 0.573. The third kappa shape index (κ3) is 4.49. The van der Waals surface area contributed by atoms with E-state index in [1.165, 1.54) is 42.3 Å². The summed E-state index contributed by atoms with van der Waals surface area (Å²) in [5.41, 5.74) is 6.99. The highest BCUT2D eigenvalue weighted by Crippen LogP contribution is 2.25. The van der Waals surface area contributed by atoms with E-state index >= 15 is 0 Å². The Balaban J connectivity index is 1.81. The number of aryl methyl sites for hydroxylation is 1. The van der Waals surface area contributed by atoms with Crippen LogP contribution in [0.4, 0.5) is 23.1 Å². The lowest BCUT2D eigenvalue weighted by Gasteiger charge is -2.06. The van der Waals surface area contributed by atoms with E-state index in [0.717, 1.165) is 5.56 Å². The van der Waals surface area contributed by atoms with Gasteiger partial charge in [-0.05, 0) is 49.9 Å². The van der Waals surface area contributed by atoms with Crippen molar-refractivity contribution >= 4 is 44.9 Å². The average molecular weight is 435 g/mol. The Kier molecular flexibility index (Phi) is 5.75. The molecule has 0 bridgehead atoms. The molecule has 0 aliphatic heterocycles. The van der Waals surface area contributed by atoms with Crippen molar-refractivity contribution in [3.8, 4) is 0 Å². The number of hydrogen-bond acceptors (Lipinski definition) is 9. The molecule has 2 heterocycles. The number of aromatic amines is 1. The number of thioether (sulfide) groups is 1. The molecule has 3 rings (SSSR count). The fourth-order valence-corrected chi connectivity index (χ4v) is 3.68. The summed E-state index contributed by atoms with van der Waals surface area (Å²) in [4.78, 5) is 18.5. The molecule has 1 aromatic carbocycles. The molecule has 12 heteroatoms. The van der Waals surface area contributed by atoms with Gasteiger partial charge in [0.1, 0.15) is 0 Å². The molecule has 0 saturated carbocycles. The number of nitrogens with two attached hydrogens (primary N) is 1. The minimum absolute atomic E-state index is 0.0215. The minimum atomic E-state index is -3.83. The van der Waals surface area contributed by atoms with E-state index in [1.807, 2.05) is 6.92 Å². The molecule has 3 aromatic rings. The van der Waals surface area contributed by atoms with Crippen LogP contribution in [0.3, 0.4) is 0 Å². The highest BCUT2D eigenvalue weighted by molar-refractivity contribution is 7.98. The number of anilines is 2. The number of nitrogens with zero attached hydrogens (tertiary/aromatic N) is 3. The molecule has 0 atom stereocenters. The Labute approximate surface area is 170 Å². The molecule has 0 aliphatic rings. The third-order valence-electron chi connectivity index (χ3n) is 4.02. The van der Waals surface area contributed by atoms with E-state index in [9.17, 15) is 13.2 Å². The van der Waals surface area contributed by atoms with Crippen molar-refractivity contribution in [3.05, 3.63) is 52.0 Å². The summed E-state index contributed by atoms with van der Waals surface area (Å²) in [6.07, 6.45) is 3.22. The van der Waals surface area contributed by atoms with Crippen LogP contribution < -0.4 is 16.0 Å². The van der Waals surface area contributed by atoms with Crippen LogP contribution in [0.5, 0.6) is 0 Å². The number of furan rings is 1. The molecular formula is C17H18N6O4S2. The van der Waals surface area contributed by atoms with E-state index in [1.54, 1.807) is 13.2 Å². The van der Waals surface area contributed by atoms with Crippen LogP contribution in [0.15, 0.2) is 60.0 Å². The first-order valence-electron chi connectivity index (χ1n) is 8.24. The molecule has 29 heavy (non-hydrogen) atoms. The Morgan fingerprint density at radius 1 is 1.21 bits per heavy atom. The summed E-state index contributed by atoms with van der Waals surface area (Å²) >= 11 is 1.24. The third-order valence-corrected chi connectivity index (χ3v) is 5.95. The second kappa shape index (κ2) is 8.09. The first-order chi connectivity index (χ1) is 13.7. The molecule has 4 N–H and O–H groups in total. The van der Waals surface area contributed by atoms with Crippen LogP contribution >= 0.6 is 11.8 Å². The number of nitrogen functional groups attached to an aromatic ring is 1. The molecule has 0 saturated heterocycles. The van der Waals surface area contributed by atoms with E-state index in [-0.39, 0.29) is 22.3 Å². The fourth-order valence-electron chi connectivity index (χ4n) is 2.24. The van der Waals surface area contributed by atoms with Gasteiger partial charge in [0, 0.05) is 5.56 Å². The summed E-state index contributed by atoms with van der Waals surface area (Å²) < 4.78 is 32.6. The number of benzene rings is 1. The van der Waals surface area contributed by atoms with Crippen molar-refractivity contribution in [2.24, 2.45) is 10.2 Å². The van der Waals surface area contributed by atoms with Crippen molar-refractivity contribution in [3.63, 3.8) is 0 Å². The predicted octanol–water partition coefficient (Wildman–Crippen LogP) is 3.50. The van der Waals surface area contributed by atoms with Gasteiger partial charge < -0.3 is 10.2 Å². The number of sulfonamides is 1. The molecule has 10 nitrogen and oxygen atoms in total. The first-order valence-corrected chi connectivity index (χ1v) is 10.9. The molecule has 2 aromatic heterocycles. The number of H-pyrrole nitrogens is 1. The van der Waals surface area contributed by atoms with Gasteiger partial charge in [0.05, 0.1) is 16.8 Å². The van der Waals surface area contributed by atoms with Gasteiger partial charge in [0.2, 0.25) is 5.88 Å². The molecular weight excluding hydrogens is 416 g/mol. The maximum atomic E-state index is 12.5. The van der Waals surface area contributed by atoms with E-state index < -0.39 is 15.6 Å². The van der Waals surface area contributed by atoms with Crippen molar-refractivity contribution < 1.29 is 12.8 Å². The highest BCUT2D eigenvalue weighted by atomic mass is 32.2. The largest absolute Gasteiger partial charge is 0.447 e. The van der Waals surface area contributed by atoms with Crippen LogP contribution in [0, 0.1) is 13.8 Å². The van der Waals surface area contributed by atoms with E-state index in [4.69, 9.17) is 10.2 Å². The fraction of sp³-hybridized carbons (Fsp3) is 0.176. The summed E-state index contributed by atoms with van der Waals surface area (Å²) in [5.74, 6) is 0.122. The van der Waals surface area contributed by atoms with Gasteiger partial charge >= 0.3 is 0 Å². The van der Waals surface area contributed by atoms with E-state index in [2.05, 4.69) is 24.9 Å². The minimum Gasteiger partial charge on any atom is -0.447 e. The van der Waals surface area contributed by atoms with Crippen molar-refractivity contribution in [2.45, 2.75) is 23.9 Å². The van der Waals surface area contributed by atoms with E-state index in [0.29, 0.717) is 16.4 Å². The summed E-state index contributed by atoms with van der Waals surface area (Å²) in [6, 6.07) is 5.63. The normalized spacial score (nSPS) is 11.8. The molecule has 0 radical (unpaired) electrons. The lowest BCUT2D eigenvalue weighted by Crippen LogP contribution is -2.13. The highest BCUT2D eigenvalue weighted by Gasteiger charge is 2.18. The van der Waals surface area contributed by atoms with Crippen LogP contribution in [0.2, 0.25) is 0 Å². The smallest absolute Gasteiger partial charge is 0.281 e. The average Bonchev–Trinajstić information content (AvgIpc) is 2.99. The molecule has 0 unspecified atom stereocenters. The zero-order valence-corrected chi connectivity index (χ0v) is 17.4. The van der Waals surface area contributed by atoms with Crippen LogP contribution in [-0.4, -0.2) is 24.6 Å². The monoisotopic (exact) mass is 434 g/mol. The molecule has 0 spiro atoms. The van der Waals surface area contributed by atoms with Crippen molar-refractivity contribution in [1.29, 1.82) is 0 Å². The maximum absolute atomic E-state index is 12.5. The Hall–Kier alpha value is -3.12. The number of azo groups is 1. The quantitative estimate of drug-likeness (QED) is 0.304. The van der Waals surface area contributed by atoms with Crippen molar-refractivity contribution in [2.75, 3.05) is 16.7 Å². The molecule has 0 amide bonds. The number of aromatic nitrogens is 2. The zero-order chi connectivity index (χ0) is 21.2. The second-order valence-corrected chi connectivity index (χ2v) is 8.46. The van der Waals surface area contributed by atoms with Gasteiger partial charge in [0.15, 0.2) is 16.7 Å². The SMILES string of the molecule is CSc1nc(N)c(N=Nc2ccc(S(=O)(=O)Nc3occ(C)c3C)cc2)c(=O)[nH]1. The standard InChI is InChI=1S/C17H18N6O4S2/c1-9-8-27-16(10(9)2)23-29(25,26)12-6-4-11(5-7-12)21-22-13-14(18)19-17(28-3)20-15(13)24/h4-8,23H,1-3H3,(H3,18,19,20,24). The number of rotatable bonds is 6. The first kappa shape index (κ1) is 20.6. The topological polar surface area (TPSA) is 156 Å². The van der Waals surface area contributed by atoms with Gasteiger partial charge in [0.25, 0.3) is 15.6 Å². The van der Waals surface area contributed by atoms with Gasteiger partial charge in [-0.25, -0.2) is 18.1 Å². The molecule has 0 fully saturated rings. The summed E-state index contributed by atoms with van der Waals surface area (Å²) in [6.45, 7) is 3.58. The Morgan fingerprint density at radius 3 is 2.45 bits per heavy atom.